The van der Waals surface area contributed by atoms with Gasteiger partial charge in [0.05, 0.1) is 52.9 Å². The van der Waals surface area contributed by atoms with Crippen LogP contribution in [0.4, 0.5) is 4.39 Å². The number of benzene rings is 2. The van der Waals surface area contributed by atoms with E-state index in [4.69, 9.17) is 27.7 Å². The van der Waals surface area contributed by atoms with Gasteiger partial charge in [0.25, 0.3) is 41.4 Å². The van der Waals surface area contributed by atoms with E-state index in [9.17, 15) is 68.3 Å². The third-order valence-corrected chi connectivity index (χ3v) is 24.8. The highest BCUT2D eigenvalue weighted by Crippen LogP contribution is 2.43. The van der Waals surface area contributed by atoms with Crippen molar-refractivity contribution in [2.75, 3.05) is 54.4 Å². The first kappa shape index (κ1) is 91.1. The van der Waals surface area contributed by atoms with Crippen molar-refractivity contribution in [2.45, 2.75) is 154 Å². The minimum absolute atomic E-state index is 0.000995. The van der Waals surface area contributed by atoms with Crippen molar-refractivity contribution >= 4 is 58.2 Å². The topological polar surface area (TPSA) is 487 Å². The zero-order valence-corrected chi connectivity index (χ0v) is 73.1. The molecular formula is C94H99FN20O14. The first-order valence-electron chi connectivity index (χ1n) is 41.8. The standard InChI is InChI=1S/C29H31N5O4.2C22H25N5O4.C21H18FN5O2/c1-28(2)17-22-21(16-23(28)38-18-20-7-5-4-6-8-20)25(26(30)35)32-34(22)24-15-19(10-13-31-24)9-11-29(37)12-14-33(3)27(29)36;2*1-21(2)12-15-14(11-16(21)28)18(19(23)29)25-27(15)17-10-13(5-8-24-17)4-6-22(31)7-9-26(3)20(22)30;1-21(9-11-26(2)20(21)29)8-6-13-7-10-24-16(12-13)27-15-5-3-4-14(22)17(15)18(25-27)19(23)28/h4-8,10,13,15,23,37H,12,14,16-18H2,1-3H3,(H2,30,35);2*5,8,10,16,28,31H,7,9,11-12H2,1-3H3,(H2,23,29);3-5,7,10,12H,9,11H2,1-2H3,(H2,23,28)/t23-,29+;16-,22+;16-,22-;21-/m1101/s1. The molecule has 13 N–H and O–H groups in total. The van der Waals surface area contributed by atoms with Gasteiger partial charge in [-0.1, -0.05) is 125 Å². The Morgan fingerprint density at radius 3 is 1.13 bits per heavy atom. The highest BCUT2D eigenvalue weighted by molar-refractivity contribution is 6.05. The van der Waals surface area contributed by atoms with Crippen molar-refractivity contribution < 1.29 is 73.0 Å². The van der Waals surface area contributed by atoms with Gasteiger partial charge in [0, 0.05) is 157 Å². The minimum Gasteiger partial charge on any atom is -0.392 e. The van der Waals surface area contributed by atoms with Gasteiger partial charge < -0.3 is 72.8 Å². The van der Waals surface area contributed by atoms with Crippen molar-refractivity contribution in [3.63, 3.8) is 0 Å². The number of fused-ring (bicyclic) bond motifs is 4. The SMILES string of the molecule is CN1CC[C@@](C)(C#Cc2ccnc(-n3nc(C(N)=O)c4c(F)cccc43)c2)C1=O.CN1CC[C@@](O)(C#Cc2ccnc(-n3nc(C(N)=O)c4c3CC(C)(C)[C@@H](O)C4)c2)C1=O.CN1CC[C@@](O)(C#Cc2ccnc(-n3nc(C(N)=O)c4c3CC(C)(C)[C@H](O)C4)c2)C1=O.CN1CC[C@@](O)(C#Cc2ccnc(-n3nc(C(N)=O)c4c3CC(C)(C)[C@H](OCc3ccccc3)C4)c2)C1=O. The Kier molecular flexibility index (Phi) is 24.9. The molecule has 129 heavy (non-hydrogen) atoms. The van der Waals surface area contributed by atoms with Crippen LogP contribution in [0.1, 0.15) is 178 Å². The van der Waals surface area contributed by atoms with Crippen LogP contribution in [0.5, 0.6) is 0 Å². The highest BCUT2D eigenvalue weighted by Gasteiger charge is 2.48. The number of hydrogen-bond acceptors (Lipinski definition) is 22. The maximum absolute atomic E-state index is 14.3. The Morgan fingerprint density at radius 1 is 0.434 bits per heavy atom. The van der Waals surface area contributed by atoms with Crippen LogP contribution < -0.4 is 22.9 Å². The number of likely N-dealkylation sites (tertiary alicyclic amines) is 4. The average molecular weight is 1750 g/mol. The molecule has 666 valence electrons. The minimum atomic E-state index is -1.69. The molecule has 2 aromatic carbocycles. The number of aliphatic hydroxyl groups is 5. The number of carbonyl (C=O) groups excluding carboxylic acids is 8. The van der Waals surface area contributed by atoms with E-state index in [1.54, 1.807) is 127 Å². The number of primary amides is 4. The van der Waals surface area contributed by atoms with Gasteiger partial charge in [0.2, 0.25) is 22.7 Å². The van der Waals surface area contributed by atoms with E-state index in [1.807, 2.05) is 65.0 Å². The third-order valence-electron chi connectivity index (χ3n) is 24.8. The number of rotatable bonds is 11. The zero-order valence-electron chi connectivity index (χ0n) is 73.1. The lowest BCUT2D eigenvalue weighted by Gasteiger charge is -2.38. The summed E-state index contributed by atoms with van der Waals surface area (Å²) in [7, 11) is 6.66. The van der Waals surface area contributed by atoms with Gasteiger partial charge in [-0.25, -0.2) is 43.1 Å². The maximum atomic E-state index is 14.3. The monoisotopic (exact) mass is 1750 g/mol. The summed E-state index contributed by atoms with van der Waals surface area (Å²) in [5.41, 5.74) is 23.7. The van der Waals surface area contributed by atoms with E-state index < -0.39 is 92.4 Å². The Hall–Kier alpha value is -14.2. The van der Waals surface area contributed by atoms with Crippen molar-refractivity contribution in [2.24, 2.45) is 44.6 Å². The predicted molar refractivity (Wildman–Crippen MR) is 467 cm³/mol. The molecule has 8 aromatic heterocycles. The lowest BCUT2D eigenvalue weighted by Crippen LogP contribution is -2.40. The van der Waals surface area contributed by atoms with Crippen molar-refractivity contribution in [3.05, 3.63) is 212 Å². The van der Waals surface area contributed by atoms with E-state index in [1.165, 1.54) is 31.5 Å². The zero-order chi connectivity index (χ0) is 92.9. The van der Waals surface area contributed by atoms with E-state index in [0.717, 1.165) is 28.2 Å². The number of amides is 8. The summed E-state index contributed by atoms with van der Waals surface area (Å²) < 4.78 is 26.8. The van der Waals surface area contributed by atoms with E-state index >= 15 is 0 Å². The Balaban J connectivity index is 0.000000140. The summed E-state index contributed by atoms with van der Waals surface area (Å²) in [6, 6.07) is 27.9. The fraction of sp³-hybridized carbons (Fsp3) is 0.383. The summed E-state index contributed by atoms with van der Waals surface area (Å²) in [6.07, 6.45) is 8.89. The summed E-state index contributed by atoms with van der Waals surface area (Å²) >= 11 is 0. The maximum Gasteiger partial charge on any atom is 0.269 e. The summed E-state index contributed by atoms with van der Waals surface area (Å²) in [5, 5.41) is 70.1. The predicted octanol–water partition coefficient (Wildman–Crippen LogP) is 3.49. The molecule has 0 bridgehead atoms. The number of aromatic nitrogens is 12. The number of carbonyl (C=O) groups is 8. The summed E-state index contributed by atoms with van der Waals surface area (Å²) in [4.78, 5) is 120. The number of nitrogens with two attached hydrogens (primary N) is 4. The Morgan fingerprint density at radius 2 is 0.775 bits per heavy atom. The first-order valence-corrected chi connectivity index (χ1v) is 41.8. The van der Waals surface area contributed by atoms with Crippen LogP contribution in [-0.4, -0.2) is 241 Å². The molecule has 3 aliphatic carbocycles. The number of likely N-dealkylation sites (N-methyl/N-ethyl adjacent to an activating group) is 3. The van der Waals surface area contributed by atoms with Crippen LogP contribution in [0.2, 0.25) is 0 Å². The number of aliphatic hydroxyl groups excluding tert-OH is 2. The van der Waals surface area contributed by atoms with Gasteiger partial charge in [-0.3, -0.25) is 38.4 Å². The molecule has 7 aliphatic rings. The van der Waals surface area contributed by atoms with Crippen LogP contribution in [-0.2, 0) is 69.0 Å². The lowest BCUT2D eigenvalue weighted by atomic mass is 9.73. The van der Waals surface area contributed by atoms with Gasteiger partial charge in [-0.05, 0) is 115 Å². The molecule has 34 nitrogen and oxygen atoms in total. The van der Waals surface area contributed by atoms with E-state index in [0.29, 0.717) is 127 Å². The number of nitrogens with zero attached hydrogens (tertiary/aromatic N) is 16. The van der Waals surface area contributed by atoms with Crippen LogP contribution in [0.3, 0.4) is 0 Å². The van der Waals surface area contributed by atoms with Crippen LogP contribution in [0.25, 0.3) is 34.2 Å². The second kappa shape index (κ2) is 35.2. The molecule has 0 radical (unpaired) electrons. The lowest BCUT2D eigenvalue weighted by molar-refractivity contribution is -0.138. The number of ether oxygens (including phenoxy) is 1. The van der Waals surface area contributed by atoms with E-state index in [-0.39, 0.29) is 77.7 Å². The average Bonchev–Trinajstić information content (AvgIpc) is 1.61. The first-order chi connectivity index (χ1) is 60.9. The second-order valence-corrected chi connectivity index (χ2v) is 35.8. The number of hydrogen-bond donors (Lipinski definition) is 9. The molecule has 7 atom stereocenters. The van der Waals surface area contributed by atoms with Crippen molar-refractivity contribution in [1.29, 1.82) is 0 Å². The smallest absolute Gasteiger partial charge is 0.269 e. The fourth-order valence-corrected chi connectivity index (χ4v) is 16.6. The largest absolute Gasteiger partial charge is 0.392 e. The highest BCUT2D eigenvalue weighted by atomic mass is 19.1. The molecule has 4 saturated heterocycles. The number of halogens is 1. The van der Waals surface area contributed by atoms with Gasteiger partial charge in [0.15, 0.2) is 46.0 Å². The quantitative estimate of drug-likeness (QED) is 0.0837. The van der Waals surface area contributed by atoms with Crippen LogP contribution >= 0.6 is 0 Å². The van der Waals surface area contributed by atoms with Crippen molar-refractivity contribution in [3.8, 4) is 70.6 Å². The Labute approximate surface area is 742 Å². The van der Waals surface area contributed by atoms with Gasteiger partial charge in [0.1, 0.15) is 11.2 Å². The molecule has 0 saturated carbocycles. The van der Waals surface area contributed by atoms with E-state index in [2.05, 4.69) is 102 Å². The van der Waals surface area contributed by atoms with Gasteiger partial charge >= 0.3 is 0 Å². The van der Waals surface area contributed by atoms with Crippen molar-refractivity contribution in [1.82, 2.24) is 78.7 Å². The molecule has 0 unspecified atom stereocenters. The molecule has 17 rings (SSSR count). The van der Waals surface area contributed by atoms with Crippen LogP contribution in [0, 0.1) is 74.8 Å². The second-order valence-electron chi connectivity index (χ2n) is 35.8. The van der Waals surface area contributed by atoms with Crippen LogP contribution in [0.15, 0.2) is 122 Å². The molecular weight excluding hydrogens is 1650 g/mol. The van der Waals surface area contributed by atoms with Gasteiger partial charge in [-0.15, -0.1) is 0 Å². The summed E-state index contributed by atoms with van der Waals surface area (Å²) in [6.45, 7) is 16.4. The molecule has 4 aliphatic heterocycles. The molecule has 12 heterocycles. The summed E-state index contributed by atoms with van der Waals surface area (Å²) in [5.74, 6) is 20.0. The number of pyridine rings is 4. The molecule has 0 spiro atoms. The molecule has 8 amide bonds. The van der Waals surface area contributed by atoms with Gasteiger partial charge in [-0.2, -0.15) is 20.4 Å². The molecule has 10 aromatic rings. The molecule has 4 fully saturated rings. The molecule has 35 heteroatoms. The third kappa shape index (κ3) is 18.4. The fourth-order valence-electron chi connectivity index (χ4n) is 16.6. The Bertz CT molecular complexity index is 6320. The normalized spacial score (nSPS) is 22.5.